The zero-order valence-corrected chi connectivity index (χ0v) is 17.8. The Bertz CT molecular complexity index is 1180. The molecule has 0 spiro atoms. The van der Waals surface area contributed by atoms with E-state index < -0.39 is 9.84 Å². The molecule has 8 nitrogen and oxygen atoms in total. The van der Waals surface area contributed by atoms with E-state index in [0.717, 1.165) is 18.7 Å². The molecule has 3 aliphatic rings. The molecule has 2 saturated heterocycles. The molecule has 0 N–H and O–H groups in total. The molecule has 1 aromatic carbocycles. The van der Waals surface area contributed by atoms with Gasteiger partial charge in [-0.25, -0.2) is 13.4 Å². The normalized spacial score (nSPS) is 27.4. The highest BCUT2D eigenvalue weighted by molar-refractivity contribution is 7.91. The second-order valence-electron chi connectivity index (χ2n) is 8.82. The fourth-order valence-corrected chi connectivity index (χ4v) is 7.08. The molecular formula is C21H26N4O4S. The third-order valence-electron chi connectivity index (χ3n) is 6.88. The van der Waals surface area contributed by atoms with Gasteiger partial charge in [0.25, 0.3) is 5.56 Å². The summed E-state index contributed by atoms with van der Waals surface area (Å²) in [6, 6.07) is 7.29. The van der Waals surface area contributed by atoms with Crippen molar-refractivity contribution in [1.29, 1.82) is 0 Å². The number of carbonyl (C=O) groups is 1. The molecule has 1 amide bonds. The number of likely N-dealkylation sites (N-methyl/N-ethyl adjacent to an activating group) is 1. The molecule has 0 saturated carbocycles. The Labute approximate surface area is 175 Å². The number of para-hydroxylation sites is 1. The van der Waals surface area contributed by atoms with Crippen molar-refractivity contribution in [2.45, 2.75) is 50.4 Å². The highest BCUT2D eigenvalue weighted by Gasteiger charge is 2.41. The van der Waals surface area contributed by atoms with Gasteiger partial charge in [0.15, 0.2) is 9.84 Å². The van der Waals surface area contributed by atoms with Crippen molar-refractivity contribution in [1.82, 2.24) is 19.4 Å². The van der Waals surface area contributed by atoms with E-state index in [1.165, 1.54) is 0 Å². The number of amides is 1. The molecule has 1 aromatic heterocycles. The van der Waals surface area contributed by atoms with Gasteiger partial charge < -0.3 is 4.90 Å². The van der Waals surface area contributed by atoms with Crippen LogP contribution in [-0.4, -0.2) is 76.9 Å². The van der Waals surface area contributed by atoms with E-state index in [1.807, 2.05) is 35.0 Å². The third-order valence-corrected chi connectivity index (χ3v) is 8.63. The summed E-state index contributed by atoms with van der Waals surface area (Å²) in [6.07, 6.45) is 2.93. The number of hydrogen-bond donors (Lipinski definition) is 0. The number of fused-ring (bicyclic) bond motifs is 4. The molecule has 9 heteroatoms. The van der Waals surface area contributed by atoms with Gasteiger partial charge in [-0.3, -0.25) is 19.1 Å². The summed E-state index contributed by atoms with van der Waals surface area (Å²) in [5.74, 6) is 1.09. The van der Waals surface area contributed by atoms with Crippen LogP contribution in [0.2, 0.25) is 0 Å². The average molecular weight is 431 g/mol. The van der Waals surface area contributed by atoms with Gasteiger partial charge >= 0.3 is 0 Å². The number of hydrogen-bond acceptors (Lipinski definition) is 6. The summed E-state index contributed by atoms with van der Waals surface area (Å²) in [5, 5.41) is 0.610. The summed E-state index contributed by atoms with van der Waals surface area (Å²) in [6.45, 7) is 0.670. The van der Waals surface area contributed by atoms with Gasteiger partial charge in [0.2, 0.25) is 5.91 Å². The quantitative estimate of drug-likeness (QED) is 0.701. The van der Waals surface area contributed by atoms with Crippen molar-refractivity contribution in [3.8, 4) is 0 Å². The van der Waals surface area contributed by atoms with Gasteiger partial charge in [-0.15, -0.1) is 0 Å². The lowest BCUT2D eigenvalue weighted by atomic mass is 10.1. The fraction of sp³-hybridized carbons (Fsp3) is 0.571. The number of benzene rings is 1. The molecular weight excluding hydrogens is 404 g/mol. The standard InChI is InChI=1S/C21H26N4O4S/c1-23(16-8-9-30(28,29)13-16)12-20(26)25-14-6-7-15(25)11-24-19(10-14)22-18-5-3-2-4-17(18)21(24)27/h2-5,14-16H,6-13H2,1H3. The average Bonchev–Trinajstić information content (AvgIpc) is 3.21. The van der Waals surface area contributed by atoms with E-state index in [1.54, 1.807) is 10.6 Å². The summed E-state index contributed by atoms with van der Waals surface area (Å²) < 4.78 is 25.3. The minimum atomic E-state index is -2.99. The van der Waals surface area contributed by atoms with Gasteiger partial charge in [0.05, 0.1) is 35.0 Å². The Morgan fingerprint density at radius 3 is 2.73 bits per heavy atom. The molecule has 2 aromatic rings. The number of sulfone groups is 1. The highest BCUT2D eigenvalue weighted by Crippen LogP contribution is 2.31. The smallest absolute Gasteiger partial charge is 0.261 e. The molecule has 160 valence electrons. The minimum Gasteiger partial charge on any atom is -0.333 e. The van der Waals surface area contributed by atoms with Crippen LogP contribution in [0.5, 0.6) is 0 Å². The second kappa shape index (κ2) is 7.16. The molecule has 0 aliphatic carbocycles. The maximum absolute atomic E-state index is 13.2. The predicted octanol–water partition coefficient (Wildman–Crippen LogP) is 0.431. The van der Waals surface area contributed by atoms with Crippen molar-refractivity contribution in [2.75, 3.05) is 25.1 Å². The number of carbonyl (C=O) groups excluding carboxylic acids is 1. The summed E-state index contributed by atoms with van der Waals surface area (Å²) >= 11 is 0. The van der Waals surface area contributed by atoms with Crippen LogP contribution in [0.25, 0.3) is 10.9 Å². The lowest BCUT2D eigenvalue weighted by molar-refractivity contribution is -0.135. The lowest BCUT2D eigenvalue weighted by Crippen LogP contribution is -2.48. The first kappa shape index (κ1) is 19.7. The van der Waals surface area contributed by atoms with Crippen LogP contribution in [0, 0.1) is 0 Å². The first-order valence-electron chi connectivity index (χ1n) is 10.5. The molecule has 30 heavy (non-hydrogen) atoms. The fourth-order valence-electron chi connectivity index (χ4n) is 5.27. The SMILES string of the molecule is CN(CC(=O)N1C2CCC1Cn1c(nc3ccccc3c1=O)C2)C1CCS(=O)(=O)C1. The number of rotatable bonds is 3. The van der Waals surface area contributed by atoms with E-state index >= 15 is 0 Å². The van der Waals surface area contributed by atoms with Crippen LogP contribution in [0.1, 0.15) is 25.1 Å². The molecule has 5 rings (SSSR count). The number of aromatic nitrogens is 2. The Kier molecular flexibility index (Phi) is 4.70. The van der Waals surface area contributed by atoms with Crippen LogP contribution in [0.3, 0.4) is 0 Å². The third kappa shape index (κ3) is 3.33. The zero-order chi connectivity index (χ0) is 21.0. The van der Waals surface area contributed by atoms with Crippen LogP contribution >= 0.6 is 0 Å². The maximum atomic E-state index is 13.2. The van der Waals surface area contributed by atoms with E-state index in [4.69, 9.17) is 4.98 Å². The monoisotopic (exact) mass is 430 g/mol. The van der Waals surface area contributed by atoms with Crippen molar-refractivity contribution < 1.29 is 13.2 Å². The Morgan fingerprint density at radius 1 is 1.20 bits per heavy atom. The first-order valence-corrected chi connectivity index (χ1v) is 12.3. The molecule has 4 heterocycles. The molecule has 2 fully saturated rings. The Balaban J connectivity index is 1.39. The Hall–Kier alpha value is -2.26. The largest absolute Gasteiger partial charge is 0.333 e. The van der Waals surface area contributed by atoms with Crippen molar-refractivity contribution in [3.05, 3.63) is 40.4 Å². The zero-order valence-electron chi connectivity index (χ0n) is 17.0. The summed E-state index contributed by atoms with van der Waals surface area (Å²) in [7, 11) is -1.16. The van der Waals surface area contributed by atoms with Crippen LogP contribution in [0.15, 0.2) is 29.1 Å². The molecule has 0 radical (unpaired) electrons. The van der Waals surface area contributed by atoms with Gasteiger partial charge in [0, 0.05) is 25.0 Å². The Morgan fingerprint density at radius 2 is 1.97 bits per heavy atom. The molecule has 3 atom stereocenters. The summed E-state index contributed by atoms with van der Waals surface area (Å²) in [4.78, 5) is 34.8. The highest BCUT2D eigenvalue weighted by atomic mass is 32.2. The van der Waals surface area contributed by atoms with E-state index in [0.29, 0.717) is 30.3 Å². The maximum Gasteiger partial charge on any atom is 0.261 e. The minimum absolute atomic E-state index is 0.0136. The van der Waals surface area contributed by atoms with E-state index in [-0.39, 0.29) is 47.6 Å². The van der Waals surface area contributed by atoms with E-state index in [9.17, 15) is 18.0 Å². The number of nitrogens with zero attached hydrogens (tertiary/aromatic N) is 4. The van der Waals surface area contributed by atoms with Crippen LogP contribution < -0.4 is 5.56 Å². The molecule has 2 bridgehead atoms. The second-order valence-corrected chi connectivity index (χ2v) is 11.1. The van der Waals surface area contributed by atoms with Crippen molar-refractivity contribution >= 4 is 26.6 Å². The van der Waals surface area contributed by atoms with Crippen molar-refractivity contribution in [3.63, 3.8) is 0 Å². The first-order chi connectivity index (χ1) is 14.3. The van der Waals surface area contributed by atoms with Crippen molar-refractivity contribution in [2.24, 2.45) is 0 Å². The molecule has 3 aliphatic heterocycles. The van der Waals surface area contributed by atoms with E-state index in [2.05, 4.69) is 0 Å². The van der Waals surface area contributed by atoms with Gasteiger partial charge in [-0.1, -0.05) is 12.1 Å². The van der Waals surface area contributed by atoms with Gasteiger partial charge in [-0.05, 0) is 38.4 Å². The van der Waals surface area contributed by atoms with Crippen LogP contribution in [0.4, 0.5) is 0 Å². The predicted molar refractivity (Wildman–Crippen MR) is 113 cm³/mol. The van der Waals surface area contributed by atoms with Crippen LogP contribution in [-0.2, 0) is 27.6 Å². The lowest BCUT2D eigenvalue weighted by Gasteiger charge is -2.31. The van der Waals surface area contributed by atoms with Gasteiger partial charge in [-0.2, -0.15) is 0 Å². The topological polar surface area (TPSA) is 92.6 Å². The molecule has 3 unspecified atom stereocenters. The summed E-state index contributed by atoms with van der Waals surface area (Å²) in [5.41, 5.74) is 0.662. The van der Waals surface area contributed by atoms with Gasteiger partial charge in [0.1, 0.15) is 5.82 Å².